The monoisotopic (exact) mass is 435 g/mol. The van der Waals surface area contributed by atoms with Gasteiger partial charge in [-0.25, -0.2) is 0 Å². The Kier molecular flexibility index (Phi) is 7.04. The fraction of sp³-hybridized carbons (Fsp3) is 0.400. The summed E-state index contributed by atoms with van der Waals surface area (Å²) in [5.41, 5.74) is 2.27. The summed E-state index contributed by atoms with van der Waals surface area (Å²) in [4.78, 5) is 19.3. The molecule has 1 fully saturated rings. The number of likely N-dealkylation sites (tertiary alicyclic amines) is 1. The van der Waals surface area contributed by atoms with Crippen molar-refractivity contribution in [1.29, 1.82) is 0 Å². The molecule has 1 saturated heterocycles. The molecular formula is C25H29N3O4. The number of nitrogens with zero attached hydrogens (tertiary/aromatic N) is 3. The number of ether oxygens (including phenoxy) is 2. The van der Waals surface area contributed by atoms with E-state index >= 15 is 0 Å². The minimum atomic E-state index is -0.141. The molecule has 168 valence electrons. The molecule has 4 rings (SSSR count). The smallest absolute Gasteiger partial charge is 0.249 e. The molecule has 1 amide bonds. The van der Waals surface area contributed by atoms with Crippen LogP contribution in [0.25, 0.3) is 0 Å². The third-order valence-electron chi connectivity index (χ3n) is 5.71. The highest BCUT2D eigenvalue weighted by Crippen LogP contribution is 2.31. The molecule has 1 aliphatic rings. The van der Waals surface area contributed by atoms with E-state index in [1.54, 1.807) is 7.11 Å². The van der Waals surface area contributed by atoms with Gasteiger partial charge in [0.2, 0.25) is 11.8 Å². The maximum atomic E-state index is 12.9. The van der Waals surface area contributed by atoms with E-state index in [0.717, 1.165) is 42.0 Å². The number of methoxy groups -OCH3 is 1. The van der Waals surface area contributed by atoms with Gasteiger partial charge in [-0.15, -0.1) is 0 Å². The van der Waals surface area contributed by atoms with E-state index in [2.05, 4.69) is 10.1 Å². The summed E-state index contributed by atoms with van der Waals surface area (Å²) in [7, 11) is 1.64. The van der Waals surface area contributed by atoms with Crippen molar-refractivity contribution in [2.75, 3.05) is 20.3 Å². The molecule has 1 aromatic heterocycles. The van der Waals surface area contributed by atoms with Crippen LogP contribution in [0, 0.1) is 6.92 Å². The lowest BCUT2D eigenvalue weighted by Gasteiger charge is -2.21. The highest BCUT2D eigenvalue weighted by molar-refractivity contribution is 5.77. The molecule has 2 heterocycles. The quantitative estimate of drug-likeness (QED) is 0.499. The Bertz CT molecular complexity index is 1030. The SMILES string of the molecule is COc1ccc(CCC(=O)N2CCCC2c2nc(CCOc3cccc(C)c3)no2)cc1. The third-order valence-corrected chi connectivity index (χ3v) is 5.71. The first-order chi connectivity index (χ1) is 15.6. The Balaban J connectivity index is 1.29. The first kappa shape index (κ1) is 21.9. The Morgan fingerprint density at radius 1 is 1.16 bits per heavy atom. The van der Waals surface area contributed by atoms with Crippen LogP contribution in [0.3, 0.4) is 0 Å². The third kappa shape index (κ3) is 5.46. The molecule has 1 atom stereocenters. The van der Waals surface area contributed by atoms with Gasteiger partial charge in [0.1, 0.15) is 17.5 Å². The summed E-state index contributed by atoms with van der Waals surface area (Å²) in [6, 6.07) is 15.6. The summed E-state index contributed by atoms with van der Waals surface area (Å²) in [5, 5.41) is 4.10. The maximum Gasteiger partial charge on any atom is 0.249 e. The van der Waals surface area contributed by atoms with Gasteiger partial charge in [-0.05, 0) is 61.6 Å². The second-order valence-corrected chi connectivity index (χ2v) is 8.06. The van der Waals surface area contributed by atoms with Crippen LogP contribution in [-0.4, -0.2) is 41.2 Å². The van der Waals surface area contributed by atoms with Crippen LogP contribution in [0.15, 0.2) is 53.1 Å². The van der Waals surface area contributed by atoms with E-state index in [-0.39, 0.29) is 11.9 Å². The highest BCUT2D eigenvalue weighted by Gasteiger charge is 2.33. The van der Waals surface area contributed by atoms with Crippen LogP contribution >= 0.6 is 0 Å². The number of aromatic nitrogens is 2. The average molecular weight is 436 g/mol. The summed E-state index contributed by atoms with van der Waals surface area (Å²) in [6.45, 7) is 3.22. The zero-order valence-corrected chi connectivity index (χ0v) is 18.6. The average Bonchev–Trinajstić information content (AvgIpc) is 3.47. The number of aryl methyl sites for hydroxylation is 2. The lowest BCUT2D eigenvalue weighted by Crippen LogP contribution is -2.30. The number of hydrogen-bond donors (Lipinski definition) is 0. The van der Waals surface area contributed by atoms with Gasteiger partial charge >= 0.3 is 0 Å². The van der Waals surface area contributed by atoms with Gasteiger partial charge in [-0.1, -0.05) is 29.4 Å². The first-order valence-electron chi connectivity index (χ1n) is 11.1. The van der Waals surface area contributed by atoms with Crippen LogP contribution in [0.4, 0.5) is 0 Å². The molecule has 1 aliphatic heterocycles. The molecule has 7 heteroatoms. The van der Waals surface area contributed by atoms with Gasteiger partial charge < -0.3 is 18.9 Å². The van der Waals surface area contributed by atoms with Crippen LogP contribution < -0.4 is 9.47 Å². The van der Waals surface area contributed by atoms with Gasteiger partial charge in [0.25, 0.3) is 0 Å². The number of rotatable bonds is 9. The van der Waals surface area contributed by atoms with E-state index in [1.807, 2.05) is 60.4 Å². The summed E-state index contributed by atoms with van der Waals surface area (Å²) in [5.74, 6) is 2.89. The predicted octanol–water partition coefficient (Wildman–Crippen LogP) is 4.30. The van der Waals surface area contributed by atoms with Gasteiger partial charge in [0.05, 0.1) is 13.7 Å². The van der Waals surface area contributed by atoms with Gasteiger partial charge in [0.15, 0.2) is 5.82 Å². The zero-order valence-electron chi connectivity index (χ0n) is 18.6. The van der Waals surface area contributed by atoms with Crippen molar-refractivity contribution < 1.29 is 18.8 Å². The van der Waals surface area contributed by atoms with Crippen LogP contribution in [0.1, 0.15) is 48.1 Å². The maximum absolute atomic E-state index is 12.9. The van der Waals surface area contributed by atoms with Crippen molar-refractivity contribution >= 4 is 5.91 Å². The molecule has 2 aromatic carbocycles. The van der Waals surface area contributed by atoms with Crippen LogP contribution in [0.5, 0.6) is 11.5 Å². The van der Waals surface area contributed by atoms with Crippen molar-refractivity contribution in [3.05, 3.63) is 71.4 Å². The first-order valence-corrected chi connectivity index (χ1v) is 11.1. The largest absolute Gasteiger partial charge is 0.497 e. The molecular weight excluding hydrogens is 406 g/mol. The lowest BCUT2D eigenvalue weighted by molar-refractivity contribution is -0.132. The standard InChI is InChI=1S/C25H29N3O4/c1-18-5-3-6-21(17-18)31-16-14-23-26-25(32-27-23)22-7-4-15-28(22)24(29)13-10-19-8-11-20(30-2)12-9-19/h3,5-6,8-9,11-12,17,22H,4,7,10,13-16H2,1-2H3. The highest BCUT2D eigenvalue weighted by atomic mass is 16.5. The van der Waals surface area contributed by atoms with Gasteiger partial charge in [-0.2, -0.15) is 4.98 Å². The van der Waals surface area contributed by atoms with Crippen molar-refractivity contribution in [1.82, 2.24) is 15.0 Å². The van der Waals surface area contributed by atoms with E-state index in [0.29, 0.717) is 37.6 Å². The minimum absolute atomic E-state index is 0.117. The van der Waals surface area contributed by atoms with Gasteiger partial charge in [-0.3, -0.25) is 4.79 Å². The number of amides is 1. The molecule has 0 radical (unpaired) electrons. The molecule has 32 heavy (non-hydrogen) atoms. The molecule has 0 saturated carbocycles. The summed E-state index contributed by atoms with van der Waals surface area (Å²) in [6.07, 6.45) is 3.48. The second-order valence-electron chi connectivity index (χ2n) is 8.06. The fourth-order valence-electron chi connectivity index (χ4n) is 3.98. The zero-order chi connectivity index (χ0) is 22.3. The normalized spacial score (nSPS) is 15.7. The summed E-state index contributed by atoms with van der Waals surface area (Å²) >= 11 is 0. The molecule has 7 nitrogen and oxygen atoms in total. The Labute approximate surface area is 188 Å². The molecule has 0 spiro atoms. The fourth-order valence-corrected chi connectivity index (χ4v) is 3.98. The van der Waals surface area contributed by atoms with Gasteiger partial charge in [0, 0.05) is 19.4 Å². The van der Waals surface area contributed by atoms with Crippen LogP contribution in [-0.2, 0) is 17.6 Å². The lowest BCUT2D eigenvalue weighted by atomic mass is 10.1. The predicted molar refractivity (Wildman–Crippen MR) is 120 cm³/mol. The van der Waals surface area contributed by atoms with Crippen molar-refractivity contribution in [2.45, 2.75) is 45.1 Å². The summed E-state index contributed by atoms with van der Waals surface area (Å²) < 4.78 is 16.5. The van der Waals surface area contributed by atoms with E-state index < -0.39 is 0 Å². The van der Waals surface area contributed by atoms with Crippen LogP contribution in [0.2, 0.25) is 0 Å². The number of benzene rings is 2. The number of carbonyl (C=O) groups excluding carboxylic acids is 1. The number of hydrogen-bond acceptors (Lipinski definition) is 6. The van der Waals surface area contributed by atoms with Crippen molar-refractivity contribution in [3.63, 3.8) is 0 Å². The Hall–Kier alpha value is -3.35. The minimum Gasteiger partial charge on any atom is -0.497 e. The molecule has 0 N–H and O–H groups in total. The van der Waals surface area contributed by atoms with E-state index in [4.69, 9.17) is 14.0 Å². The molecule has 0 bridgehead atoms. The topological polar surface area (TPSA) is 77.7 Å². The number of carbonyl (C=O) groups is 1. The van der Waals surface area contributed by atoms with E-state index in [9.17, 15) is 4.79 Å². The van der Waals surface area contributed by atoms with E-state index in [1.165, 1.54) is 0 Å². The Morgan fingerprint density at radius 2 is 2.00 bits per heavy atom. The van der Waals surface area contributed by atoms with Crippen molar-refractivity contribution in [2.24, 2.45) is 0 Å². The molecule has 0 aliphatic carbocycles. The molecule has 1 unspecified atom stereocenters. The second kappa shape index (κ2) is 10.3. The molecule has 3 aromatic rings. The Morgan fingerprint density at radius 3 is 2.78 bits per heavy atom. The van der Waals surface area contributed by atoms with Crippen molar-refractivity contribution in [3.8, 4) is 11.5 Å².